The topological polar surface area (TPSA) is 56.8 Å². The minimum Gasteiger partial charge on any atom is -0.340 e. The van der Waals surface area contributed by atoms with Gasteiger partial charge in [-0.3, -0.25) is 0 Å². The van der Waals surface area contributed by atoms with Gasteiger partial charge in [0, 0.05) is 13.1 Å². The SMILES string of the molecule is CCN(CC)c1n[nH]c(NC(=S)SC)n1. The molecule has 0 saturated carbocycles. The second kappa shape index (κ2) is 5.92. The Morgan fingerprint density at radius 1 is 1.53 bits per heavy atom. The highest BCUT2D eigenvalue weighted by Gasteiger charge is 2.08. The molecular weight excluding hydrogens is 230 g/mol. The molecule has 1 rings (SSSR count). The van der Waals surface area contributed by atoms with Gasteiger partial charge in [0.05, 0.1) is 0 Å². The van der Waals surface area contributed by atoms with E-state index in [1.54, 1.807) is 0 Å². The van der Waals surface area contributed by atoms with E-state index >= 15 is 0 Å². The lowest BCUT2D eigenvalue weighted by Crippen LogP contribution is -2.23. The molecule has 1 aromatic rings. The molecule has 0 radical (unpaired) electrons. The van der Waals surface area contributed by atoms with Crippen molar-refractivity contribution in [2.24, 2.45) is 0 Å². The second-order valence-corrected chi connectivity index (χ2v) is 4.26. The lowest BCUT2D eigenvalue weighted by atomic mass is 10.5. The van der Waals surface area contributed by atoms with Crippen LogP contribution in [-0.4, -0.2) is 38.8 Å². The lowest BCUT2D eigenvalue weighted by Gasteiger charge is -2.14. The highest BCUT2D eigenvalue weighted by atomic mass is 32.2. The summed E-state index contributed by atoms with van der Waals surface area (Å²) in [4.78, 5) is 6.35. The monoisotopic (exact) mass is 245 g/mol. The van der Waals surface area contributed by atoms with E-state index in [0.29, 0.717) is 16.2 Å². The largest absolute Gasteiger partial charge is 0.340 e. The number of thioether (sulfide) groups is 1. The van der Waals surface area contributed by atoms with Crippen LogP contribution >= 0.6 is 24.0 Å². The Bertz CT molecular complexity index is 321. The number of aromatic amines is 1. The van der Waals surface area contributed by atoms with Crippen LogP contribution in [0.15, 0.2) is 0 Å². The zero-order valence-corrected chi connectivity index (χ0v) is 10.7. The van der Waals surface area contributed by atoms with E-state index in [-0.39, 0.29) is 0 Å². The maximum absolute atomic E-state index is 5.02. The number of nitrogens with zero attached hydrogens (tertiary/aromatic N) is 3. The molecule has 0 aliphatic heterocycles. The zero-order valence-electron chi connectivity index (χ0n) is 9.07. The fourth-order valence-corrected chi connectivity index (χ4v) is 1.40. The Kier molecular flexibility index (Phi) is 4.83. The van der Waals surface area contributed by atoms with Crippen molar-refractivity contribution in [2.75, 3.05) is 29.6 Å². The quantitative estimate of drug-likeness (QED) is 0.788. The van der Waals surface area contributed by atoms with Crippen LogP contribution in [0, 0.1) is 0 Å². The molecule has 1 aromatic heterocycles. The highest BCUT2D eigenvalue weighted by molar-refractivity contribution is 8.22. The van der Waals surface area contributed by atoms with Gasteiger partial charge in [0.1, 0.15) is 4.32 Å². The van der Waals surface area contributed by atoms with Gasteiger partial charge in [-0.25, -0.2) is 5.10 Å². The van der Waals surface area contributed by atoms with Crippen LogP contribution in [0.2, 0.25) is 0 Å². The number of hydrogen-bond donors (Lipinski definition) is 2. The maximum atomic E-state index is 5.02. The predicted octanol–water partition coefficient (Wildman–Crippen LogP) is 1.71. The highest BCUT2D eigenvalue weighted by Crippen LogP contribution is 2.10. The molecule has 0 aliphatic carbocycles. The van der Waals surface area contributed by atoms with Gasteiger partial charge in [-0.15, -0.1) is 16.9 Å². The number of hydrogen-bond acceptors (Lipinski definition) is 5. The Morgan fingerprint density at radius 3 is 2.73 bits per heavy atom. The third kappa shape index (κ3) is 3.35. The fourth-order valence-electron chi connectivity index (χ4n) is 1.10. The minimum absolute atomic E-state index is 0.594. The summed E-state index contributed by atoms with van der Waals surface area (Å²) in [5.74, 6) is 1.29. The summed E-state index contributed by atoms with van der Waals surface area (Å²) in [6, 6.07) is 0. The summed E-state index contributed by atoms with van der Waals surface area (Å²) in [5, 5.41) is 9.86. The third-order valence-corrected chi connectivity index (χ3v) is 3.00. The zero-order chi connectivity index (χ0) is 11.3. The van der Waals surface area contributed by atoms with Gasteiger partial charge in [0.15, 0.2) is 0 Å². The molecule has 0 aromatic carbocycles. The Hall–Kier alpha value is -0.820. The molecule has 15 heavy (non-hydrogen) atoms. The minimum atomic E-state index is 0.594. The van der Waals surface area contributed by atoms with Crippen LogP contribution in [-0.2, 0) is 0 Å². The van der Waals surface area contributed by atoms with Crippen molar-refractivity contribution in [1.82, 2.24) is 15.2 Å². The van der Waals surface area contributed by atoms with E-state index in [1.165, 1.54) is 11.8 Å². The summed E-state index contributed by atoms with van der Waals surface area (Å²) < 4.78 is 0.678. The van der Waals surface area contributed by atoms with Gasteiger partial charge >= 0.3 is 0 Å². The Labute approximate surface area is 99.0 Å². The average Bonchev–Trinajstić information content (AvgIpc) is 2.68. The van der Waals surface area contributed by atoms with Gasteiger partial charge in [-0.1, -0.05) is 12.2 Å². The van der Waals surface area contributed by atoms with Crippen molar-refractivity contribution in [3.8, 4) is 0 Å². The fraction of sp³-hybridized carbons (Fsp3) is 0.625. The standard InChI is InChI=1S/C8H15N5S2/c1-4-13(5-2)7-9-6(11-12-7)10-8(14)15-3/h4-5H2,1-3H3,(H2,9,10,11,12,14). The number of H-pyrrole nitrogens is 1. The van der Waals surface area contributed by atoms with Crippen molar-refractivity contribution in [3.63, 3.8) is 0 Å². The second-order valence-electron chi connectivity index (χ2n) is 2.77. The predicted molar refractivity (Wildman–Crippen MR) is 69.7 cm³/mol. The third-order valence-electron chi connectivity index (χ3n) is 1.93. The first-order chi connectivity index (χ1) is 7.21. The molecule has 0 fully saturated rings. The Balaban J connectivity index is 2.67. The molecule has 84 valence electrons. The molecular formula is C8H15N5S2. The Morgan fingerprint density at radius 2 is 2.20 bits per heavy atom. The van der Waals surface area contributed by atoms with Crippen LogP contribution < -0.4 is 10.2 Å². The van der Waals surface area contributed by atoms with E-state index in [4.69, 9.17) is 12.2 Å². The van der Waals surface area contributed by atoms with E-state index in [0.717, 1.165) is 13.1 Å². The first-order valence-electron chi connectivity index (χ1n) is 4.73. The summed E-state index contributed by atoms with van der Waals surface area (Å²) in [5.41, 5.74) is 0. The number of anilines is 2. The number of aromatic nitrogens is 3. The molecule has 0 aliphatic rings. The molecule has 2 N–H and O–H groups in total. The molecule has 0 spiro atoms. The van der Waals surface area contributed by atoms with Crippen LogP contribution in [0.1, 0.15) is 13.8 Å². The van der Waals surface area contributed by atoms with Crippen molar-refractivity contribution in [3.05, 3.63) is 0 Å². The van der Waals surface area contributed by atoms with E-state index < -0.39 is 0 Å². The van der Waals surface area contributed by atoms with Crippen molar-refractivity contribution >= 4 is 40.2 Å². The van der Waals surface area contributed by atoms with E-state index in [1.807, 2.05) is 6.26 Å². The number of rotatable bonds is 4. The first-order valence-corrected chi connectivity index (χ1v) is 6.36. The van der Waals surface area contributed by atoms with Crippen molar-refractivity contribution < 1.29 is 0 Å². The smallest absolute Gasteiger partial charge is 0.246 e. The normalized spacial score (nSPS) is 10.1. The molecule has 5 nitrogen and oxygen atoms in total. The van der Waals surface area contributed by atoms with Crippen molar-refractivity contribution in [1.29, 1.82) is 0 Å². The van der Waals surface area contributed by atoms with Crippen LogP contribution in [0.5, 0.6) is 0 Å². The molecule has 0 unspecified atom stereocenters. The molecule has 0 amide bonds. The molecule has 0 atom stereocenters. The number of nitrogens with one attached hydrogen (secondary N) is 2. The van der Waals surface area contributed by atoms with Gasteiger partial charge < -0.3 is 10.2 Å². The van der Waals surface area contributed by atoms with Crippen molar-refractivity contribution in [2.45, 2.75) is 13.8 Å². The summed E-state index contributed by atoms with van der Waals surface area (Å²) >= 11 is 6.49. The maximum Gasteiger partial charge on any atom is 0.246 e. The van der Waals surface area contributed by atoms with Gasteiger partial charge in [0.2, 0.25) is 11.9 Å². The molecule has 0 bridgehead atoms. The summed E-state index contributed by atoms with van der Waals surface area (Å²) in [7, 11) is 0. The summed E-state index contributed by atoms with van der Waals surface area (Å²) in [6.07, 6.45) is 1.91. The average molecular weight is 245 g/mol. The van der Waals surface area contributed by atoms with Crippen LogP contribution in [0.3, 0.4) is 0 Å². The van der Waals surface area contributed by atoms with E-state index in [9.17, 15) is 0 Å². The van der Waals surface area contributed by atoms with E-state index in [2.05, 4.69) is 39.2 Å². The molecule has 0 saturated heterocycles. The van der Waals surface area contributed by atoms with Gasteiger partial charge in [-0.2, -0.15) is 4.98 Å². The van der Waals surface area contributed by atoms with Gasteiger partial charge in [-0.05, 0) is 20.1 Å². The van der Waals surface area contributed by atoms with Crippen LogP contribution in [0.4, 0.5) is 11.9 Å². The molecule has 7 heteroatoms. The summed E-state index contributed by atoms with van der Waals surface area (Å²) in [6.45, 7) is 5.92. The number of thiocarbonyl (C=S) groups is 1. The molecule has 1 heterocycles. The van der Waals surface area contributed by atoms with Crippen LogP contribution in [0.25, 0.3) is 0 Å². The first kappa shape index (κ1) is 12.3. The van der Waals surface area contributed by atoms with Gasteiger partial charge in [0.25, 0.3) is 0 Å². The lowest BCUT2D eigenvalue weighted by molar-refractivity contribution is 0.824.